The molecule has 4 atom stereocenters. The number of carbonyl (C=O) groups excluding carboxylic acids is 1. The van der Waals surface area contributed by atoms with E-state index >= 15 is 0 Å². The van der Waals surface area contributed by atoms with Crippen molar-refractivity contribution in [2.45, 2.75) is 45.4 Å². The Morgan fingerprint density at radius 2 is 2.08 bits per heavy atom. The highest BCUT2D eigenvalue weighted by atomic mass is 16.1. The van der Waals surface area contributed by atoms with Gasteiger partial charge in [-0.1, -0.05) is 6.92 Å². The van der Waals surface area contributed by atoms with E-state index in [0.717, 1.165) is 18.3 Å². The molecule has 0 saturated heterocycles. The fourth-order valence-electron chi connectivity index (χ4n) is 4.46. The van der Waals surface area contributed by atoms with Gasteiger partial charge in [-0.05, 0) is 49.4 Å². The monoisotopic (exact) mass is 178 g/mol. The predicted octanol–water partition coefficient (Wildman–Crippen LogP) is 2.79. The van der Waals surface area contributed by atoms with Crippen LogP contribution in [0.2, 0.25) is 0 Å². The van der Waals surface area contributed by atoms with Crippen molar-refractivity contribution in [3.8, 4) is 0 Å². The van der Waals surface area contributed by atoms with Crippen LogP contribution in [0.25, 0.3) is 0 Å². The average Bonchev–Trinajstić information content (AvgIpc) is 2.38. The minimum absolute atomic E-state index is 0.490. The number of carbonyl (C=O) groups is 1. The van der Waals surface area contributed by atoms with Crippen LogP contribution < -0.4 is 0 Å². The number of hydrogen-bond acceptors (Lipinski definition) is 1. The summed E-state index contributed by atoms with van der Waals surface area (Å²) in [6, 6.07) is 0. The van der Waals surface area contributed by atoms with Gasteiger partial charge in [-0.15, -0.1) is 0 Å². The van der Waals surface area contributed by atoms with E-state index < -0.39 is 0 Å². The molecule has 0 heterocycles. The smallest absolute Gasteiger partial charge is 0.136 e. The first-order valence-corrected chi connectivity index (χ1v) is 5.78. The second-order valence-corrected chi connectivity index (χ2v) is 5.38. The van der Waals surface area contributed by atoms with Gasteiger partial charge in [0.2, 0.25) is 0 Å². The lowest BCUT2D eigenvalue weighted by Gasteiger charge is -2.56. The molecule has 1 nitrogen and oxygen atoms in total. The van der Waals surface area contributed by atoms with E-state index in [-0.39, 0.29) is 0 Å². The van der Waals surface area contributed by atoms with Gasteiger partial charge in [0.1, 0.15) is 5.78 Å². The summed E-state index contributed by atoms with van der Waals surface area (Å²) in [6.45, 7) is 2.38. The van der Waals surface area contributed by atoms with Gasteiger partial charge in [-0.3, -0.25) is 4.79 Å². The summed E-state index contributed by atoms with van der Waals surface area (Å²) in [5, 5.41) is 0. The second-order valence-electron chi connectivity index (χ2n) is 5.38. The van der Waals surface area contributed by atoms with Crippen molar-refractivity contribution in [1.29, 1.82) is 0 Å². The fourth-order valence-corrected chi connectivity index (χ4v) is 4.46. The molecule has 0 bridgehead atoms. The summed E-state index contributed by atoms with van der Waals surface area (Å²) >= 11 is 0. The van der Waals surface area contributed by atoms with E-state index in [9.17, 15) is 4.79 Å². The molecule has 1 unspecified atom stereocenters. The van der Waals surface area contributed by atoms with Gasteiger partial charge in [0.25, 0.3) is 0 Å². The molecule has 3 fully saturated rings. The van der Waals surface area contributed by atoms with Crippen LogP contribution in [0, 0.1) is 23.2 Å². The van der Waals surface area contributed by atoms with Crippen LogP contribution >= 0.6 is 0 Å². The van der Waals surface area contributed by atoms with E-state index in [4.69, 9.17) is 0 Å². The Morgan fingerprint density at radius 1 is 1.23 bits per heavy atom. The van der Waals surface area contributed by atoms with Gasteiger partial charge in [0.05, 0.1) is 0 Å². The molecular weight excluding hydrogens is 160 g/mol. The van der Waals surface area contributed by atoms with Crippen LogP contribution in [0.4, 0.5) is 0 Å². The topological polar surface area (TPSA) is 17.1 Å². The van der Waals surface area contributed by atoms with Gasteiger partial charge in [-0.2, -0.15) is 0 Å². The van der Waals surface area contributed by atoms with Gasteiger partial charge in [0.15, 0.2) is 0 Å². The molecule has 0 aliphatic heterocycles. The van der Waals surface area contributed by atoms with Crippen molar-refractivity contribution < 1.29 is 4.79 Å². The zero-order valence-corrected chi connectivity index (χ0v) is 8.38. The summed E-state index contributed by atoms with van der Waals surface area (Å²) in [5.74, 6) is 2.83. The number of rotatable bonds is 0. The molecule has 72 valence electrons. The molecule has 13 heavy (non-hydrogen) atoms. The molecule has 3 saturated carbocycles. The Balaban J connectivity index is 1.98. The maximum absolute atomic E-state index is 11.7. The van der Waals surface area contributed by atoms with Gasteiger partial charge in [-0.25, -0.2) is 0 Å². The summed E-state index contributed by atoms with van der Waals surface area (Å²) in [6.07, 6.45) is 7.46. The molecule has 0 radical (unpaired) electrons. The number of Topliss-reactive ketones (excluding diaryl/α,β-unsaturated/α-hetero) is 1. The minimum atomic E-state index is 0.490. The normalized spacial score (nSPS) is 53.9. The Kier molecular flexibility index (Phi) is 1.46. The van der Waals surface area contributed by atoms with Crippen LogP contribution in [0.5, 0.6) is 0 Å². The maximum atomic E-state index is 11.7. The Labute approximate surface area is 79.9 Å². The van der Waals surface area contributed by atoms with Crippen LogP contribution in [0.1, 0.15) is 45.4 Å². The molecule has 0 aromatic heterocycles. The molecule has 0 amide bonds. The quantitative estimate of drug-likeness (QED) is 0.557. The second kappa shape index (κ2) is 2.37. The van der Waals surface area contributed by atoms with Crippen molar-refractivity contribution in [3.05, 3.63) is 0 Å². The number of hydrogen-bond donors (Lipinski definition) is 0. The molecule has 3 aliphatic carbocycles. The third kappa shape index (κ3) is 0.769. The van der Waals surface area contributed by atoms with Gasteiger partial charge in [0, 0.05) is 12.3 Å². The van der Waals surface area contributed by atoms with Crippen molar-refractivity contribution in [3.63, 3.8) is 0 Å². The van der Waals surface area contributed by atoms with Gasteiger partial charge < -0.3 is 0 Å². The van der Waals surface area contributed by atoms with Crippen LogP contribution in [-0.4, -0.2) is 5.78 Å². The Bertz CT molecular complexity index is 258. The highest BCUT2D eigenvalue weighted by Gasteiger charge is 2.61. The zero-order chi connectivity index (χ0) is 9.05. The lowest BCUT2D eigenvalue weighted by atomic mass is 9.47. The van der Waals surface area contributed by atoms with E-state index in [1.54, 1.807) is 0 Å². The van der Waals surface area contributed by atoms with E-state index in [1.165, 1.54) is 32.1 Å². The number of ketones is 1. The van der Waals surface area contributed by atoms with Crippen molar-refractivity contribution in [2.75, 3.05) is 0 Å². The standard InChI is InChI=1S/C12H18O/c1-8-2-3-9-4-5-11(13)10-6-7-12(8,9)10/h8-10H,2-7H2,1H3/t8-,9+,10+,12?/m1/s1. The maximum Gasteiger partial charge on any atom is 0.136 e. The van der Waals surface area contributed by atoms with E-state index in [1.807, 2.05) is 0 Å². The molecule has 0 aromatic carbocycles. The SMILES string of the molecule is C[C@@H]1CC[C@H]2CCC(=O)[C@@H]3CCC213. The zero-order valence-electron chi connectivity index (χ0n) is 8.38. The first-order chi connectivity index (χ1) is 6.25. The lowest BCUT2D eigenvalue weighted by Crippen LogP contribution is -2.53. The fraction of sp³-hybridized carbons (Fsp3) is 0.917. The third-order valence-electron chi connectivity index (χ3n) is 5.27. The molecular formula is C12H18O. The first-order valence-electron chi connectivity index (χ1n) is 5.78. The largest absolute Gasteiger partial charge is 0.299 e. The van der Waals surface area contributed by atoms with Crippen LogP contribution in [0.3, 0.4) is 0 Å². The molecule has 3 aliphatic rings. The van der Waals surface area contributed by atoms with Crippen molar-refractivity contribution in [1.82, 2.24) is 0 Å². The lowest BCUT2D eigenvalue weighted by molar-refractivity contribution is -0.148. The van der Waals surface area contributed by atoms with Crippen LogP contribution in [-0.2, 0) is 4.79 Å². The molecule has 0 N–H and O–H groups in total. The minimum Gasteiger partial charge on any atom is -0.299 e. The summed E-state index contributed by atoms with van der Waals surface area (Å²) in [7, 11) is 0. The molecule has 3 rings (SSSR count). The summed E-state index contributed by atoms with van der Waals surface area (Å²) in [4.78, 5) is 11.7. The predicted molar refractivity (Wildman–Crippen MR) is 51.3 cm³/mol. The summed E-state index contributed by atoms with van der Waals surface area (Å²) in [5.41, 5.74) is 0.509. The van der Waals surface area contributed by atoms with Crippen molar-refractivity contribution in [2.24, 2.45) is 23.2 Å². The summed E-state index contributed by atoms with van der Waals surface area (Å²) < 4.78 is 0. The average molecular weight is 178 g/mol. The van der Waals surface area contributed by atoms with Gasteiger partial charge >= 0.3 is 0 Å². The first kappa shape index (κ1) is 8.02. The molecule has 1 spiro atoms. The molecule has 0 aromatic rings. The van der Waals surface area contributed by atoms with Crippen LogP contribution in [0.15, 0.2) is 0 Å². The van der Waals surface area contributed by atoms with E-state index in [2.05, 4.69) is 6.92 Å². The molecule has 1 heteroatoms. The highest BCUT2D eigenvalue weighted by molar-refractivity contribution is 5.84. The highest BCUT2D eigenvalue weighted by Crippen LogP contribution is 2.66. The Morgan fingerprint density at radius 3 is 2.77 bits per heavy atom. The third-order valence-corrected chi connectivity index (χ3v) is 5.27. The van der Waals surface area contributed by atoms with E-state index in [0.29, 0.717) is 17.1 Å². The Hall–Kier alpha value is -0.330. The van der Waals surface area contributed by atoms with Crippen molar-refractivity contribution >= 4 is 5.78 Å².